The number of benzene rings is 1. The number of halogens is 1. The van der Waals surface area contributed by atoms with Crippen molar-refractivity contribution in [2.45, 2.75) is 64.6 Å². The van der Waals surface area contributed by atoms with Gasteiger partial charge in [-0.25, -0.2) is 4.79 Å². The standard InChI is InChI=1S/C21H29BrN2O3/c1-21(2,3)27-20(26)23-12-10-16(11-13-23)19(25)24(18-8-9-18)14-15-4-6-17(22)7-5-15/h4-7,16,18H,8-14H2,1-3H3. The fourth-order valence-corrected chi connectivity index (χ4v) is 3.69. The minimum Gasteiger partial charge on any atom is -0.444 e. The maximum atomic E-state index is 13.1. The summed E-state index contributed by atoms with van der Waals surface area (Å²) < 4.78 is 6.49. The van der Waals surface area contributed by atoms with E-state index in [2.05, 4.69) is 33.0 Å². The Morgan fingerprint density at radius 1 is 1.11 bits per heavy atom. The summed E-state index contributed by atoms with van der Waals surface area (Å²) in [5.41, 5.74) is 0.668. The Kier molecular flexibility index (Phi) is 6.14. The summed E-state index contributed by atoms with van der Waals surface area (Å²) in [7, 11) is 0. The first-order valence-electron chi connectivity index (χ1n) is 9.76. The number of hydrogen-bond donors (Lipinski definition) is 0. The van der Waals surface area contributed by atoms with Crippen LogP contribution in [0.3, 0.4) is 0 Å². The highest BCUT2D eigenvalue weighted by atomic mass is 79.9. The van der Waals surface area contributed by atoms with E-state index in [1.54, 1.807) is 4.90 Å². The van der Waals surface area contributed by atoms with Gasteiger partial charge in [0.15, 0.2) is 0 Å². The lowest BCUT2D eigenvalue weighted by Crippen LogP contribution is -2.46. The van der Waals surface area contributed by atoms with Gasteiger partial charge in [0.05, 0.1) is 0 Å². The molecule has 6 heteroatoms. The van der Waals surface area contributed by atoms with Gasteiger partial charge in [-0.3, -0.25) is 4.79 Å². The van der Waals surface area contributed by atoms with Crippen molar-refractivity contribution in [2.24, 2.45) is 5.92 Å². The smallest absolute Gasteiger partial charge is 0.410 e. The number of likely N-dealkylation sites (tertiary alicyclic amines) is 1. The molecule has 0 bridgehead atoms. The van der Waals surface area contributed by atoms with Gasteiger partial charge in [0, 0.05) is 36.1 Å². The largest absolute Gasteiger partial charge is 0.444 e. The van der Waals surface area contributed by atoms with E-state index in [0.717, 1.165) is 22.9 Å². The van der Waals surface area contributed by atoms with Crippen molar-refractivity contribution in [1.82, 2.24) is 9.80 Å². The number of hydrogen-bond acceptors (Lipinski definition) is 3. The van der Waals surface area contributed by atoms with Crippen molar-refractivity contribution in [3.05, 3.63) is 34.3 Å². The zero-order valence-electron chi connectivity index (χ0n) is 16.4. The zero-order valence-corrected chi connectivity index (χ0v) is 18.0. The van der Waals surface area contributed by atoms with Crippen LogP contribution >= 0.6 is 15.9 Å². The van der Waals surface area contributed by atoms with Crippen LogP contribution in [0.2, 0.25) is 0 Å². The van der Waals surface area contributed by atoms with Crippen molar-refractivity contribution in [1.29, 1.82) is 0 Å². The quantitative estimate of drug-likeness (QED) is 0.693. The molecule has 2 fully saturated rings. The summed E-state index contributed by atoms with van der Waals surface area (Å²) in [6.45, 7) is 7.46. The molecule has 1 saturated carbocycles. The second-order valence-electron chi connectivity index (χ2n) is 8.57. The van der Waals surface area contributed by atoms with E-state index in [0.29, 0.717) is 38.5 Å². The summed E-state index contributed by atoms with van der Waals surface area (Å²) in [5, 5.41) is 0. The van der Waals surface area contributed by atoms with Gasteiger partial charge in [-0.2, -0.15) is 0 Å². The molecule has 2 amide bonds. The van der Waals surface area contributed by atoms with E-state index in [-0.39, 0.29) is 17.9 Å². The molecule has 3 rings (SSSR count). The molecule has 1 aliphatic heterocycles. The van der Waals surface area contributed by atoms with E-state index in [1.807, 2.05) is 32.9 Å². The Morgan fingerprint density at radius 3 is 2.22 bits per heavy atom. The molecule has 1 aromatic rings. The van der Waals surface area contributed by atoms with Gasteiger partial charge in [0.2, 0.25) is 5.91 Å². The number of piperidine rings is 1. The molecule has 0 unspecified atom stereocenters. The number of ether oxygens (including phenoxy) is 1. The van der Waals surface area contributed by atoms with Gasteiger partial charge >= 0.3 is 6.09 Å². The first kappa shape index (κ1) is 20.2. The average molecular weight is 437 g/mol. The Hall–Kier alpha value is -1.56. The Balaban J connectivity index is 1.56. The zero-order chi connectivity index (χ0) is 19.6. The van der Waals surface area contributed by atoms with Crippen LogP contribution in [0.1, 0.15) is 52.0 Å². The molecule has 2 aliphatic rings. The highest BCUT2D eigenvalue weighted by Crippen LogP contribution is 2.32. The van der Waals surface area contributed by atoms with Crippen molar-refractivity contribution in [2.75, 3.05) is 13.1 Å². The molecule has 27 heavy (non-hydrogen) atoms. The van der Waals surface area contributed by atoms with Gasteiger partial charge in [0.1, 0.15) is 5.60 Å². The molecule has 1 saturated heterocycles. The Labute approximate surface area is 170 Å². The fraction of sp³-hybridized carbons (Fsp3) is 0.619. The third-order valence-electron chi connectivity index (χ3n) is 5.03. The average Bonchev–Trinajstić information content (AvgIpc) is 3.44. The molecule has 0 radical (unpaired) electrons. The van der Waals surface area contributed by atoms with Crippen LogP contribution in [-0.4, -0.2) is 46.5 Å². The molecule has 1 aliphatic carbocycles. The maximum absolute atomic E-state index is 13.1. The number of nitrogens with zero attached hydrogens (tertiary/aromatic N) is 2. The van der Waals surface area contributed by atoms with Crippen LogP contribution < -0.4 is 0 Å². The molecule has 0 atom stereocenters. The van der Waals surface area contributed by atoms with Crippen LogP contribution in [0.4, 0.5) is 4.79 Å². The fourth-order valence-electron chi connectivity index (χ4n) is 3.43. The third-order valence-corrected chi connectivity index (χ3v) is 5.56. The van der Waals surface area contributed by atoms with Crippen molar-refractivity contribution in [3.8, 4) is 0 Å². The number of rotatable bonds is 4. The SMILES string of the molecule is CC(C)(C)OC(=O)N1CCC(C(=O)N(Cc2ccc(Br)cc2)C2CC2)CC1. The van der Waals surface area contributed by atoms with Crippen LogP contribution in [0.15, 0.2) is 28.7 Å². The van der Waals surface area contributed by atoms with Gasteiger partial charge in [-0.05, 0) is 64.2 Å². The van der Waals surface area contributed by atoms with Crippen molar-refractivity contribution >= 4 is 27.9 Å². The molecule has 0 spiro atoms. The van der Waals surface area contributed by atoms with Crippen LogP contribution in [0.5, 0.6) is 0 Å². The lowest BCUT2D eigenvalue weighted by atomic mass is 9.95. The highest BCUT2D eigenvalue weighted by molar-refractivity contribution is 9.10. The maximum Gasteiger partial charge on any atom is 0.410 e. The molecule has 0 N–H and O–H groups in total. The third kappa shape index (κ3) is 5.71. The van der Waals surface area contributed by atoms with E-state index >= 15 is 0 Å². The second kappa shape index (κ2) is 8.21. The lowest BCUT2D eigenvalue weighted by molar-refractivity contribution is -0.138. The van der Waals surface area contributed by atoms with Gasteiger partial charge in [0.25, 0.3) is 0 Å². The molecular formula is C21H29BrN2O3. The summed E-state index contributed by atoms with van der Waals surface area (Å²) in [6.07, 6.45) is 3.34. The van der Waals surface area contributed by atoms with Crippen LogP contribution in [0, 0.1) is 5.92 Å². The van der Waals surface area contributed by atoms with E-state index in [4.69, 9.17) is 4.74 Å². The van der Waals surface area contributed by atoms with E-state index < -0.39 is 5.60 Å². The minimum atomic E-state index is -0.489. The summed E-state index contributed by atoms with van der Waals surface area (Å²) in [6, 6.07) is 8.55. The van der Waals surface area contributed by atoms with Gasteiger partial charge < -0.3 is 14.5 Å². The molecular weight excluding hydrogens is 408 g/mol. The lowest BCUT2D eigenvalue weighted by Gasteiger charge is -2.35. The summed E-state index contributed by atoms with van der Waals surface area (Å²) >= 11 is 3.46. The Bertz CT molecular complexity index is 672. The summed E-state index contributed by atoms with van der Waals surface area (Å²) in [4.78, 5) is 29.1. The van der Waals surface area contributed by atoms with Crippen molar-refractivity contribution in [3.63, 3.8) is 0 Å². The number of carbonyl (C=O) groups excluding carboxylic acids is 2. The normalized spacial score (nSPS) is 18.3. The minimum absolute atomic E-state index is 0.000245. The molecule has 1 aromatic carbocycles. The Morgan fingerprint density at radius 2 is 1.70 bits per heavy atom. The first-order valence-corrected chi connectivity index (χ1v) is 10.5. The predicted molar refractivity (Wildman–Crippen MR) is 108 cm³/mol. The van der Waals surface area contributed by atoms with E-state index in [1.165, 1.54) is 0 Å². The van der Waals surface area contributed by atoms with E-state index in [9.17, 15) is 9.59 Å². The molecule has 0 aromatic heterocycles. The highest BCUT2D eigenvalue weighted by Gasteiger charge is 2.37. The number of amides is 2. The molecule has 148 valence electrons. The van der Waals surface area contributed by atoms with Crippen LogP contribution in [-0.2, 0) is 16.1 Å². The predicted octanol–water partition coefficient (Wildman–Crippen LogP) is 4.59. The first-order chi connectivity index (χ1) is 12.7. The van der Waals surface area contributed by atoms with Crippen LogP contribution in [0.25, 0.3) is 0 Å². The molecule has 1 heterocycles. The monoisotopic (exact) mass is 436 g/mol. The second-order valence-corrected chi connectivity index (χ2v) is 9.48. The number of carbonyl (C=O) groups is 2. The molecule has 5 nitrogen and oxygen atoms in total. The summed E-state index contributed by atoms with van der Waals surface area (Å²) in [5.74, 6) is 0.240. The van der Waals surface area contributed by atoms with Gasteiger partial charge in [-0.15, -0.1) is 0 Å². The van der Waals surface area contributed by atoms with Gasteiger partial charge in [-0.1, -0.05) is 28.1 Å². The van der Waals surface area contributed by atoms with Crippen molar-refractivity contribution < 1.29 is 14.3 Å². The topological polar surface area (TPSA) is 49.9 Å².